The number of anilines is 2. The highest BCUT2D eigenvalue weighted by Crippen LogP contribution is 2.40. The number of ether oxygens (including phenoxy) is 1. The molecular formula is C15H18N2O3. The fourth-order valence-electron chi connectivity index (χ4n) is 3.02. The molecule has 20 heavy (non-hydrogen) atoms. The van der Waals surface area contributed by atoms with Crippen LogP contribution in [0.1, 0.15) is 31.7 Å². The lowest BCUT2D eigenvalue weighted by Crippen LogP contribution is -2.53. The number of carbonyl (C=O) groups excluding carboxylic acids is 2. The highest BCUT2D eigenvalue weighted by molar-refractivity contribution is 6.12. The Morgan fingerprint density at radius 2 is 2.20 bits per heavy atom. The molecule has 2 aliphatic rings. The van der Waals surface area contributed by atoms with Gasteiger partial charge in [-0.2, -0.15) is 0 Å². The van der Waals surface area contributed by atoms with Crippen LogP contribution in [-0.2, 0) is 16.0 Å². The maximum Gasteiger partial charge on any atom is 0.247 e. The van der Waals surface area contributed by atoms with Crippen LogP contribution in [0.2, 0.25) is 0 Å². The van der Waals surface area contributed by atoms with Gasteiger partial charge in [0.1, 0.15) is 11.8 Å². The van der Waals surface area contributed by atoms with E-state index in [-0.39, 0.29) is 17.9 Å². The van der Waals surface area contributed by atoms with E-state index in [0.717, 1.165) is 36.3 Å². The molecule has 0 aliphatic carbocycles. The second kappa shape index (κ2) is 4.81. The van der Waals surface area contributed by atoms with Gasteiger partial charge in [-0.25, -0.2) is 0 Å². The smallest absolute Gasteiger partial charge is 0.247 e. The molecule has 3 rings (SSSR count). The van der Waals surface area contributed by atoms with Gasteiger partial charge in [0, 0.05) is 12.5 Å². The van der Waals surface area contributed by atoms with Crippen LogP contribution in [0.15, 0.2) is 12.1 Å². The summed E-state index contributed by atoms with van der Waals surface area (Å²) >= 11 is 0. The van der Waals surface area contributed by atoms with Crippen molar-refractivity contribution in [2.24, 2.45) is 0 Å². The summed E-state index contributed by atoms with van der Waals surface area (Å²) < 4.78 is 5.39. The fourth-order valence-corrected chi connectivity index (χ4v) is 3.02. The summed E-state index contributed by atoms with van der Waals surface area (Å²) in [5.41, 5.74) is 2.49. The van der Waals surface area contributed by atoms with Gasteiger partial charge in [-0.05, 0) is 30.9 Å². The van der Waals surface area contributed by atoms with Gasteiger partial charge in [-0.15, -0.1) is 0 Å². The largest absolute Gasteiger partial charge is 0.496 e. The predicted octanol–water partition coefficient (Wildman–Crippen LogP) is 2.10. The van der Waals surface area contributed by atoms with Crippen molar-refractivity contribution in [2.45, 2.75) is 38.6 Å². The van der Waals surface area contributed by atoms with Crippen LogP contribution in [0.5, 0.6) is 5.75 Å². The molecule has 106 valence electrons. The molecule has 0 saturated carbocycles. The molecule has 1 unspecified atom stereocenters. The van der Waals surface area contributed by atoms with Crippen molar-refractivity contribution in [3.63, 3.8) is 0 Å². The molecule has 2 amide bonds. The fraction of sp³-hybridized carbons (Fsp3) is 0.467. The van der Waals surface area contributed by atoms with E-state index >= 15 is 0 Å². The average Bonchev–Trinajstić information content (AvgIpc) is 2.46. The van der Waals surface area contributed by atoms with E-state index in [9.17, 15) is 9.59 Å². The standard InChI is InChI=1S/C15H18N2O3/c1-3-9-7-10-12(8-13(9)20-2)17-11(15(19)16-10)5-4-6-14(17)18/h7-8,11H,3-6H2,1-2H3,(H,16,19). The summed E-state index contributed by atoms with van der Waals surface area (Å²) in [7, 11) is 1.62. The molecule has 5 nitrogen and oxygen atoms in total. The minimum atomic E-state index is -0.374. The van der Waals surface area contributed by atoms with Gasteiger partial charge >= 0.3 is 0 Å². The Kier molecular flexibility index (Phi) is 3.12. The van der Waals surface area contributed by atoms with Crippen LogP contribution >= 0.6 is 0 Å². The van der Waals surface area contributed by atoms with Gasteiger partial charge < -0.3 is 10.1 Å². The van der Waals surface area contributed by atoms with Crippen molar-refractivity contribution in [3.8, 4) is 5.75 Å². The lowest BCUT2D eigenvalue weighted by molar-refractivity contribution is -0.125. The quantitative estimate of drug-likeness (QED) is 0.898. The summed E-state index contributed by atoms with van der Waals surface area (Å²) in [6.07, 6.45) is 2.80. The van der Waals surface area contributed by atoms with E-state index in [4.69, 9.17) is 4.74 Å². The zero-order valence-electron chi connectivity index (χ0n) is 11.7. The number of methoxy groups -OCH3 is 1. The lowest BCUT2D eigenvalue weighted by Gasteiger charge is -2.39. The summed E-state index contributed by atoms with van der Waals surface area (Å²) in [6, 6.07) is 3.40. The number of rotatable bonds is 2. The molecule has 2 aliphatic heterocycles. The van der Waals surface area contributed by atoms with Crippen molar-refractivity contribution >= 4 is 23.2 Å². The first-order valence-corrected chi connectivity index (χ1v) is 6.99. The van der Waals surface area contributed by atoms with Crippen molar-refractivity contribution in [2.75, 3.05) is 17.3 Å². The SMILES string of the molecule is CCc1cc2c(cc1OC)N1C(=O)CCCC1C(=O)N2. The number of fused-ring (bicyclic) bond motifs is 3. The van der Waals surface area contributed by atoms with E-state index in [1.54, 1.807) is 12.0 Å². The van der Waals surface area contributed by atoms with Crippen molar-refractivity contribution in [1.82, 2.24) is 0 Å². The van der Waals surface area contributed by atoms with E-state index in [0.29, 0.717) is 12.1 Å². The maximum atomic E-state index is 12.2. The first-order chi connectivity index (χ1) is 9.65. The monoisotopic (exact) mass is 274 g/mol. The number of nitrogens with zero attached hydrogens (tertiary/aromatic N) is 1. The molecule has 5 heteroatoms. The van der Waals surface area contributed by atoms with Crippen LogP contribution in [0.25, 0.3) is 0 Å². The molecule has 0 aromatic heterocycles. The van der Waals surface area contributed by atoms with Crippen molar-refractivity contribution < 1.29 is 14.3 Å². The first-order valence-electron chi connectivity index (χ1n) is 6.99. The van der Waals surface area contributed by atoms with Crippen LogP contribution in [0, 0.1) is 0 Å². The lowest BCUT2D eigenvalue weighted by atomic mass is 9.95. The first kappa shape index (κ1) is 13.0. The Morgan fingerprint density at radius 1 is 1.40 bits per heavy atom. The predicted molar refractivity (Wildman–Crippen MR) is 76.1 cm³/mol. The molecule has 1 fully saturated rings. The Morgan fingerprint density at radius 3 is 2.90 bits per heavy atom. The maximum absolute atomic E-state index is 12.2. The Labute approximate surface area is 117 Å². The molecule has 0 radical (unpaired) electrons. The van der Waals surface area contributed by atoms with Crippen LogP contribution < -0.4 is 15.0 Å². The van der Waals surface area contributed by atoms with Crippen LogP contribution in [-0.4, -0.2) is 25.0 Å². The molecule has 1 aromatic carbocycles. The summed E-state index contributed by atoms with van der Waals surface area (Å²) in [5, 5.41) is 2.92. The van der Waals surface area contributed by atoms with E-state index in [1.165, 1.54) is 0 Å². The Balaban J connectivity index is 2.14. The van der Waals surface area contributed by atoms with Crippen LogP contribution in [0.4, 0.5) is 11.4 Å². The van der Waals surface area contributed by atoms with Gasteiger partial charge in [0.2, 0.25) is 11.8 Å². The molecule has 1 atom stereocenters. The third kappa shape index (κ3) is 1.85. The Hall–Kier alpha value is -2.04. The average molecular weight is 274 g/mol. The number of nitrogens with one attached hydrogen (secondary N) is 1. The van der Waals surface area contributed by atoms with Gasteiger partial charge in [-0.3, -0.25) is 14.5 Å². The summed E-state index contributed by atoms with van der Waals surface area (Å²) in [6.45, 7) is 2.03. The number of amides is 2. The zero-order valence-corrected chi connectivity index (χ0v) is 11.7. The molecule has 1 N–H and O–H groups in total. The van der Waals surface area contributed by atoms with Gasteiger partial charge in [0.05, 0.1) is 18.5 Å². The highest BCUT2D eigenvalue weighted by atomic mass is 16.5. The van der Waals surface area contributed by atoms with E-state index in [2.05, 4.69) is 5.32 Å². The van der Waals surface area contributed by atoms with Gasteiger partial charge in [-0.1, -0.05) is 6.92 Å². The number of benzene rings is 1. The highest BCUT2D eigenvalue weighted by Gasteiger charge is 2.39. The molecule has 1 saturated heterocycles. The van der Waals surface area contributed by atoms with Crippen LogP contribution in [0.3, 0.4) is 0 Å². The van der Waals surface area contributed by atoms with Gasteiger partial charge in [0.25, 0.3) is 0 Å². The molecular weight excluding hydrogens is 256 g/mol. The summed E-state index contributed by atoms with van der Waals surface area (Å²) in [5.74, 6) is 0.695. The molecule has 2 heterocycles. The second-order valence-corrected chi connectivity index (χ2v) is 5.20. The molecule has 1 aromatic rings. The minimum absolute atomic E-state index is 0.0173. The topological polar surface area (TPSA) is 58.6 Å². The number of aryl methyl sites for hydroxylation is 1. The number of carbonyl (C=O) groups is 2. The normalized spacial score (nSPS) is 21.1. The van der Waals surface area contributed by atoms with Gasteiger partial charge in [0.15, 0.2) is 0 Å². The number of piperidine rings is 1. The molecule has 0 spiro atoms. The number of hydrogen-bond acceptors (Lipinski definition) is 3. The zero-order chi connectivity index (χ0) is 14.3. The van der Waals surface area contributed by atoms with E-state index in [1.807, 2.05) is 19.1 Å². The number of hydrogen-bond donors (Lipinski definition) is 1. The third-order valence-electron chi connectivity index (χ3n) is 4.05. The van der Waals surface area contributed by atoms with Crippen molar-refractivity contribution in [1.29, 1.82) is 0 Å². The minimum Gasteiger partial charge on any atom is -0.496 e. The second-order valence-electron chi connectivity index (χ2n) is 5.20. The van der Waals surface area contributed by atoms with Crippen molar-refractivity contribution in [3.05, 3.63) is 17.7 Å². The Bertz CT molecular complexity index is 583. The van der Waals surface area contributed by atoms with E-state index < -0.39 is 0 Å². The third-order valence-corrected chi connectivity index (χ3v) is 4.05. The summed E-state index contributed by atoms with van der Waals surface area (Å²) in [4.78, 5) is 26.0. The molecule has 0 bridgehead atoms.